The molecular weight excluding hydrogens is 406 g/mol. The zero-order chi connectivity index (χ0) is 22.5. The molecule has 0 saturated heterocycles. The molecule has 0 spiro atoms. The number of aromatic nitrogens is 2. The summed E-state index contributed by atoms with van der Waals surface area (Å²) in [5, 5.41) is 7.11. The van der Waals surface area contributed by atoms with Gasteiger partial charge < -0.3 is 15.6 Å². The molecule has 0 unspecified atom stereocenters. The summed E-state index contributed by atoms with van der Waals surface area (Å²) in [6.07, 6.45) is 7.06. The van der Waals surface area contributed by atoms with Gasteiger partial charge in [0.2, 0.25) is 0 Å². The van der Waals surface area contributed by atoms with E-state index in [4.69, 9.17) is 0 Å². The summed E-state index contributed by atoms with van der Waals surface area (Å²) in [6, 6.07) is 14.3. The van der Waals surface area contributed by atoms with Gasteiger partial charge in [0.1, 0.15) is 0 Å². The van der Waals surface area contributed by atoms with Crippen LogP contribution in [0.15, 0.2) is 86.0 Å². The van der Waals surface area contributed by atoms with Crippen LogP contribution in [0.25, 0.3) is 16.6 Å². The van der Waals surface area contributed by atoms with Crippen molar-refractivity contribution in [2.75, 3.05) is 5.32 Å². The van der Waals surface area contributed by atoms with Crippen LogP contribution in [-0.4, -0.2) is 9.97 Å². The fourth-order valence-electron chi connectivity index (χ4n) is 3.44. The maximum Gasteiger partial charge on any atom is 0.160 e. The number of H-pyrrole nitrogens is 1. The third kappa shape index (κ3) is 5.03. The molecule has 0 fully saturated rings. The van der Waals surface area contributed by atoms with Crippen LogP contribution in [0.2, 0.25) is 0 Å². The number of benzene rings is 2. The Labute approximate surface area is 185 Å². The molecule has 0 amide bonds. The number of halogens is 2. The van der Waals surface area contributed by atoms with Crippen molar-refractivity contribution in [2.24, 2.45) is 0 Å². The Morgan fingerprint density at radius 3 is 2.53 bits per heavy atom. The van der Waals surface area contributed by atoms with Crippen molar-refractivity contribution < 1.29 is 8.78 Å². The Bertz CT molecular complexity index is 1240. The highest BCUT2D eigenvalue weighted by Crippen LogP contribution is 2.28. The number of nitrogens with one attached hydrogen (secondary N) is 3. The topological polar surface area (TPSA) is 52.7 Å². The van der Waals surface area contributed by atoms with Gasteiger partial charge in [-0.05, 0) is 41.7 Å². The lowest BCUT2D eigenvalue weighted by atomic mass is 10.1. The second kappa shape index (κ2) is 9.47. The molecule has 0 atom stereocenters. The van der Waals surface area contributed by atoms with Gasteiger partial charge in [0.05, 0.1) is 11.2 Å². The third-order valence-corrected chi connectivity index (χ3v) is 5.29. The number of hydrogen-bond donors (Lipinski definition) is 3. The van der Waals surface area contributed by atoms with E-state index in [1.165, 1.54) is 11.6 Å². The summed E-state index contributed by atoms with van der Waals surface area (Å²) in [5.74, 6) is -1.77. The van der Waals surface area contributed by atoms with Crippen molar-refractivity contribution in [2.45, 2.75) is 19.4 Å². The van der Waals surface area contributed by atoms with Crippen molar-refractivity contribution >= 4 is 22.3 Å². The zero-order valence-electron chi connectivity index (χ0n) is 17.6. The summed E-state index contributed by atoms with van der Waals surface area (Å²) < 4.78 is 27.0. The fourth-order valence-corrected chi connectivity index (χ4v) is 3.44. The van der Waals surface area contributed by atoms with Crippen LogP contribution in [0.1, 0.15) is 23.1 Å². The average Bonchev–Trinajstić information content (AvgIpc) is 3.18. The molecule has 0 aliphatic rings. The third-order valence-electron chi connectivity index (χ3n) is 5.29. The molecule has 3 N–H and O–H groups in total. The second-order valence-corrected chi connectivity index (χ2v) is 7.63. The first-order chi connectivity index (χ1) is 15.5. The van der Waals surface area contributed by atoms with Gasteiger partial charge in [-0.25, -0.2) is 8.78 Å². The first-order valence-corrected chi connectivity index (χ1v) is 10.3. The highest BCUT2D eigenvalue weighted by molar-refractivity contribution is 5.96. The number of aryl methyl sites for hydroxylation is 1. The van der Waals surface area contributed by atoms with E-state index < -0.39 is 11.6 Å². The smallest absolute Gasteiger partial charge is 0.160 e. The summed E-state index contributed by atoms with van der Waals surface area (Å²) in [4.78, 5) is 7.07. The lowest BCUT2D eigenvalue weighted by Crippen LogP contribution is -2.12. The maximum absolute atomic E-state index is 13.6. The maximum atomic E-state index is 13.6. The normalized spacial score (nSPS) is 10.8. The fraction of sp³-hybridized carbons (Fsp3) is 0.115. The van der Waals surface area contributed by atoms with Gasteiger partial charge in [-0.15, -0.1) is 0 Å². The quantitative estimate of drug-likeness (QED) is 0.298. The molecular formula is C26H24F2N4. The van der Waals surface area contributed by atoms with Crippen LogP contribution in [0.3, 0.4) is 0 Å². The van der Waals surface area contributed by atoms with Gasteiger partial charge in [-0.3, -0.25) is 4.98 Å². The van der Waals surface area contributed by atoms with E-state index in [0.717, 1.165) is 35.7 Å². The highest BCUT2D eigenvalue weighted by Gasteiger charge is 2.10. The highest BCUT2D eigenvalue weighted by atomic mass is 19.2. The second-order valence-electron chi connectivity index (χ2n) is 7.63. The van der Waals surface area contributed by atoms with Gasteiger partial charge in [0, 0.05) is 48.0 Å². The Morgan fingerprint density at radius 2 is 1.78 bits per heavy atom. The van der Waals surface area contributed by atoms with E-state index in [2.05, 4.69) is 39.8 Å². The van der Waals surface area contributed by atoms with E-state index in [9.17, 15) is 8.78 Å². The Kier molecular flexibility index (Phi) is 6.31. The number of anilines is 1. The standard InChI is InChI=1S/C26H24F2N4/c1-17(5-6-19-4-3-11-29-14-19)30-15-20-7-9-21(10-8-20)18(2)32-26-16-31-25-13-24(28)23(27)12-22(25)26/h3-4,7-14,16,30-32H,1-2,5-6,15H2. The number of aromatic amines is 1. The number of fused-ring (bicyclic) bond motifs is 1. The van der Waals surface area contributed by atoms with E-state index in [1.807, 2.05) is 36.5 Å². The number of nitrogens with zero attached hydrogens (tertiary/aromatic N) is 1. The molecule has 2 aromatic carbocycles. The summed E-state index contributed by atoms with van der Waals surface area (Å²) in [5.41, 5.74) is 6.01. The number of rotatable bonds is 9. The van der Waals surface area contributed by atoms with Crippen molar-refractivity contribution in [3.8, 4) is 0 Å². The Hall–Kier alpha value is -3.93. The van der Waals surface area contributed by atoms with E-state index in [0.29, 0.717) is 28.8 Å². The lowest BCUT2D eigenvalue weighted by molar-refractivity contribution is 0.511. The van der Waals surface area contributed by atoms with Crippen LogP contribution in [0.5, 0.6) is 0 Å². The number of hydrogen-bond acceptors (Lipinski definition) is 3. The van der Waals surface area contributed by atoms with Crippen LogP contribution in [0.4, 0.5) is 14.5 Å². The summed E-state index contributed by atoms with van der Waals surface area (Å²) in [7, 11) is 0. The molecule has 32 heavy (non-hydrogen) atoms. The zero-order valence-corrected chi connectivity index (χ0v) is 17.6. The molecule has 6 heteroatoms. The molecule has 0 bridgehead atoms. The first kappa shape index (κ1) is 21.3. The molecule has 162 valence electrons. The van der Waals surface area contributed by atoms with Gasteiger partial charge in [0.15, 0.2) is 11.6 Å². The average molecular weight is 431 g/mol. The van der Waals surface area contributed by atoms with E-state index in [1.54, 1.807) is 12.4 Å². The Balaban J connectivity index is 1.32. The van der Waals surface area contributed by atoms with Crippen LogP contribution in [-0.2, 0) is 13.0 Å². The van der Waals surface area contributed by atoms with E-state index in [-0.39, 0.29) is 0 Å². The van der Waals surface area contributed by atoms with Crippen LogP contribution < -0.4 is 10.6 Å². The Morgan fingerprint density at radius 1 is 1.00 bits per heavy atom. The minimum Gasteiger partial charge on any atom is -0.385 e. The van der Waals surface area contributed by atoms with Crippen LogP contribution in [0, 0.1) is 11.6 Å². The molecule has 0 aliphatic carbocycles. The monoisotopic (exact) mass is 430 g/mol. The van der Waals surface area contributed by atoms with E-state index >= 15 is 0 Å². The SMILES string of the molecule is C=C(CCc1cccnc1)NCc1ccc(C(=C)Nc2c[nH]c3cc(F)c(F)cc23)cc1. The largest absolute Gasteiger partial charge is 0.385 e. The minimum absolute atomic E-state index is 0.518. The molecule has 4 nitrogen and oxygen atoms in total. The predicted molar refractivity (Wildman–Crippen MR) is 126 cm³/mol. The molecule has 0 saturated carbocycles. The minimum atomic E-state index is -0.885. The van der Waals surface area contributed by atoms with Crippen molar-refractivity contribution in [1.82, 2.24) is 15.3 Å². The van der Waals surface area contributed by atoms with Crippen molar-refractivity contribution in [3.05, 3.63) is 114 Å². The molecule has 2 heterocycles. The molecule has 4 rings (SSSR count). The van der Waals surface area contributed by atoms with Crippen LogP contribution >= 0.6 is 0 Å². The predicted octanol–water partition coefficient (Wildman–Crippen LogP) is 6.16. The summed E-state index contributed by atoms with van der Waals surface area (Å²) in [6.45, 7) is 8.86. The molecule has 4 aromatic rings. The molecule has 0 radical (unpaired) electrons. The van der Waals surface area contributed by atoms with Crippen molar-refractivity contribution in [3.63, 3.8) is 0 Å². The number of allylic oxidation sites excluding steroid dienone is 1. The summed E-state index contributed by atoms with van der Waals surface area (Å²) >= 11 is 0. The lowest BCUT2D eigenvalue weighted by Gasteiger charge is -2.12. The van der Waals surface area contributed by atoms with Gasteiger partial charge in [-0.1, -0.05) is 43.5 Å². The van der Waals surface area contributed by atoms with Gasteiger partial charge >= 0.3 is 0 Å². The molecule has 2 aromatic heterocycles. The van der Waals surface area contributed by atoms with Gasteiger partial charge in [0.25, 0.3) is 0 Å². The van der Waals surface area contributed by atoms with Crippen molar-refractivity contribution in [1.29, 1.82) is 0 Å². The van der Waals surface area contributed by atoms with Gasteiger partial charge in [-0.2, -0.15) is 0 Å². The molecule has 0 aliphatic heterocycles. The number of pyridine rings is 1. The first-order valence-electron chi connectivity index (χ1n) is 10.3.